The van der Waals surface area contributed by atoms with Gasteiger partial charge in [-0.3, -0.25) is 19.5 Å². The number of halogens is 7. The van der Waals surface area contributed by atoms with Gasteiger partial charge in [0.25, 0.3) is 12.3 Å². The minimum absolute atomic E-state index is 0.00958. The van der Waals surface area contributed by atoms with Gasteiger partial charge in [0, 0.05) is 35.7 Å². The molecule has 1 amide bonds. The molecule has 0 aliphatic heterocycles. The summed E-state index contributed by atoms with van der Waals surface area (Å²) in [7, 11) is -2.06. The molecule has 4 heterocycles. The third-order valence-electron chi connectivity index (χ3n) is 12.6. The predicted octanol–water partition coefficient (Wildman–Crippen LogP) is 7.83. The number of fused-ring (bicyclic) bond motifs is 4. The number of rotatable bonds is 13. The Hall–Kier alpha value is -5.98. The van der Waals surface area contributed by atoms with E-state index in [0.29, 0.717) is 52.9 Å². The average Bonchev–Trinajstić information content (AvgIpc) is 4.21. The maximum absolute atomic E-state index is 15.6. The van der Waals surface area contributed by atoms with Crippen LogP contribution in [-0.4, -0.2) is 64.2 Å². The molecule has 14 nitrogen and oxygen atoms in total. The molecule has 6 aromatic rings. The first-order valence-corrected chi connectivity index (χ1v) is 22.9. The van der Waals surface area contributed by atoms with Crippen molar-refractivity contribution in [2.75, 3.05) is 5.32 Å². The number of anilines is 2. The number of aromatic nitrogens is 7. The summed E-state index contributed by atoms with van der Waals surface area (Å²) in [6.45, 7) is 2.02. The van der Waals surface area contributed by atoms with Crippen molar-refractivity contribution in [3.8, 4) is 23.0 Å². The number of carbonyl (C=O) groups is 1. The van der Waals surface area contributed by atoms with E-state index in [4.69, 9.17) is 21.0 Å². The fourth-order valence-electron chi connectivity index (χ4n) is 8.83. The number of hydrogen-bond donors (Lipinski definition) is 3. The molecule has 4 aliphatic rings. The Bertz CT molecular complexity index is 3170. The molecule has 3 saturated carbocycles. The third kappa shape index (κ3) is 7.55. The van der Waals surface area contributed by atoms with Crippen molar-refractivity contribution < 1.29 is 49.1 Å². The van der Waals surface area contributed by atoms with E-state index < -0.39 is 91.1 Å². The summed E-state index contributed by atoms with van der Waals surface area (Å²) in [5, 5.41) is 32.5. The summed E-state index contributed by atoms with van der Waals surface area (Å²) in [5.74, 6) is -2.52. The van der Waals surface area contributed by atoms with Crippen molar-refractivity contribution >= 4 is 50.1 Å². The third-order valence-corrected chi connectivity index (χ3v) is 15.8. The van der Waals surface area contributed by atoms with Gasteiger partial charge in [-0.2, -0.15) is 19.0 Å². The van der Waals surface area contributed by atoms with Gasteiger partial charge in [-0.05, 0) is 100 Å². The summed E-state index contributed by atoms with van der Waals surface area (Å²) in [5.41, 5.74) is -1.92. The fourth-order valence-corrected chi connectivity index (χ4v) is 10.9. The van der Waals surface area contributed by atoms with Crippen LogP contribution in [-0.2, 0) is 46.2 Å². The molecule has 0 saturated heterocycles. The molecule has 0 radical (unpaired) electrons. The molecule has 1 unspecified atom stereocenters. The summed E-state index contributed by atoms with van der Waals surface area (Å²) >= 11 is 6.82. The maximum atomic E-state index is 15.6. The number of nitrogens with zero attached hydrogens (tertiary/aromatic N) is 7. The van der Waals surface area contributed by atoms with Gasteiger partial charge in [0.1, 0.15) is 45.6 Å². The van der Waals surface area contributed by atoms with Gasteiger partial charge in [0.05, 0.1) is 32.9 Å². The van der Waals surface area contributed by atoms with E-state index in [-0.39, 0.29) is 63.7 Å². The zero-order chi connectivity index (χ0) is 46.8. The summed E-state index contributed by atoms with van der Waals surface area (Å²) in [6, 6.07) is 7.56. The monoisotopic (exact) mass is 953 g/mol. The molecule has 22 heteroatoms. The largest absolute Gasteiger partial charge is 0.405 e. The number of hydrogen-bond acceptors (Lipinski definition) is 11. The number of nitrogens with one attached hydrogen (secondary N) is 2. The number of carbonyl (C=O) groups excluding carboxylic acids is 1. The molecule has 2 aromatic carbocycles. The Morgan fingerprint density at radius 2 is 1.76 bits per heavy atom. The Labute approximate surface area is 377 Å². The van der Waals surface area contributed by atoms with Crippen molar-refractivity contribution in [1.29, 1.82) is 0 Å². The van der Waals surface area contributed by atoms with Crippen LogP contribution < -0.4 is 10.6 Å². The van der Waals surface area contributed by atoms with E-state index >= 15 is 8.78 Å². The lowest BCUT2D eigenvalue weighted by molar-refractivity contribution is -0.123. The lowest BCUT2D eigenvalue weighted by Crippen LogP contribution is -2.35. The van der Waals surface area contributed by atoms with Crippen LogP contribution >= 0.6 is 11.6 Å². The predicted molar refractivity (Wildman–Crippen MR) is 225 cm³/mol. The Morgan fingerprint density at radius 1 is 1.05 bits per heavy atom. The molecule has 0 spiro atoms. The highest BCUT2D eigenvalue weighted by Crippen LogP contribution is 2.68. The second-order valence-corrected chi connectivity index (χ2v) is 21.0. The van der Waals surface area contributed by atoms with Crippen molar-refractivity contribution in [3.05, 3.63) is 98.9 Å². The first kappa shape index (κ1) is 43.9. The van der Waals surface area contributed by atoms with Crippen LogP contribution in [0.3, 0.4) is 0 Å². The molecule has 3 atom stereocenters. The lowest BCUT2D eigenvalue weighted by Gasteiger charge is -2.23. The molecule has 10 rings (SSSR count). The van der Waals surface area contributed by atoms with Gasteiger partial charge in [-0.15, -0.1) is 5.10 Å². The van der Waals surface area contributed by atoms with Gasteiger partial charge < -0.3 is 14.8 Å². The van der Waals surface area contributed by atoms with Crippen LogP contribution in [0, 0.1) is 29.4 Å². The van der Waals surface area contributed by atoms with Crippen molar-refractivity contribution in [3.63, 3.8) is 0 Å². The highest BCUT2D eigenvalue weighted by Gasteiger charge is 2.67. The SMILES string of the molecule is Cn1nc(Nc2nnc(C3(O)CC3)o2)c2c(Cl)ccc(-c3ccc(C#CC(C)(C)S(=O)(=O)C4CC4)nc3[C@H](Cc3cc(F)cc(F)c3)NC(=O)Cn3nc(C(F)F)c4c3C(F)(F)C3C[C@H]43)c21. The minimum Gasteiger partial charge on any atom is -0.405 e. The molecular formula is C44H38ClF6N9O5S. The van der Waals surface area contributed by atoms with E-state index in [9.17, 15) is 35.9 Å². The van der Waals surface area contributed by atoms with Gasteiger partial charge in [-0.25, -0.2) is 31.0 Å². The first-order chi connectivity index (χ1) is 31.1. The highest BCUT2D eigenvalue weighted by atomic mass is 35.5. The van der Waals surface area contributed by atoms with Crippen molar-refractivity contribution in [2.45, 2.75) is 98.8 Å². The Kier molecular flexibility index (Phi) is 10.2. The van der Waals surface area contributed by atoms with Crippen LogP contribution in [0.5, 0.6) is 0 Å². The molecule has 4 aliphatic carbocycles. The smallest absolute Gasteiger partial charge is 0.321 e. The molecule has 66 heavy (non-hydrogen) atoms. The molecular weight excluding hydrogens is 916 g/mol. The maximum Gasteiger partial charge on any atom is 0.321 e. The van der Waals surface area contributed by atoms with Gasteiger partial charge in [0.15, 0.2) is 15.7 Å². The number of aryl methyl sites for hydroxylation is 1. The molecule has 3 N–H and O–H groups in total. The summed E-state index contributed by atoms with van der Waals surface area (Å²) < 4.78 is 122. The first-order valence-electron chi connectivity index (χ1n) is 20.9. The zero-order valence-corrected chi connectivity index (χ0v) is 36.7. The minimum atomic E-state index is -3.67. The van der Waals surface area contributed by atoms with Crippen LogP contribution in [0.1, 0.15) is 104 Å². The van der Waals surface area contributed by atoms with Crippen LogP contribution in [0.25, 0.3) is 22.0 Å². The van der Waals surface area contributed by atoms with Gasteiger partial charge in [-0.1, -0.05) is 28.7 Å². The standard InChI is InChI=1S/C44H38ClF6N9O5S/c1-42(2,66(63,64)24-5-6-24)11-10-23-4-7-25(26-8-9-29(45)33-36(26)59(3)58-39(33)54-41-56-55-40(65-41)43(62)12-13-43)34(52-23)30(16-20-14-21(46)17-22(47)15-20)53-31(61)19-60-37-32(35(57-60)38(48)49)27-18-28(27)44(37,50)51/h4,7-9,14-15,17,24,27-28,30,38,62H,5-6,12-13,16,18-19H2,1-3H3,(H,53,61)(H,54,56,58)/t27-,28?,30-/m0/s1. The number of amides is 1. The summed E-state index contributed by atoms with van der Waals surface area (Å²) in [6.07, 6.45) is -1.62. The average molecular weight is 954 g/mol. The van der Waals surface area contributed by atoms with E-state index in [1.807, 2.05) is 0 Å². The number of aliphatic hydroxyl groups is 1. The number of benzene rings is 2. The second kappa shape index (κ2) is 15.3. The highest BCUT2D eigenvalue weighted by molar-refractivity contribution is 7.93. The topological polar surface area (TPSA) is 183 Å². The zero-order valence-electron chi connectivity index (χ0n) is 35.1. The number of alkyl halides is 4. The van der Waals surface area contributed by atoms with Gasteiger partial charge in [0.2, 0.25) is 11.8 Å². The normalized spacial score (nSPS) is 19.6. The van der Waals surface area contributed by atoms with Crippen molar-refractivity contribution in [2.24, 2.45) is 13.0 Å². The summed E-state index contributed by atoms with van der Waals surface area (Å²) in [4.78, 5) is 19.0. The Balaban J connectivity index is 1.10. The van der Waals surface area contributed by atoms with E-state index in [2.05, 4.69) is 42.9 Å². The van der Waals surface area contributed by atoms with E-state index in [1.165, 1.54) is 24.6 Å². The molecule has 0 bridgehead atoms. The number of pyridine rings is 1. The number of sulfone groups is 1. The molecule has 344 valence electrons. The second-order valence-electron chi connectivity index (χ2n) is 17.8. The quantitative estimate of drug-likeness (QED) is 0.0758. The van der Waals surface area contributed by atoms with Crippen LogP contribution in [0.4, 0.5) is 38.2 Å². The Morgan fingerprint density at radius 3 is 2.44 bits per heavy atom. The van der Waals surface area contributed by atoms with Crippen LogP contribution in [0.2, 0.25) is 5.02 Å². The van der Waals surface area contributed by atoms with Gasteiger partial charge >= 0.3 is 6.01 Å². The fraction of sp³-hybridized carbons (Fsp3) is 0.409. The van der Waals surface area contributed by atoms with E-state index in [0.717, 1.165) is 12.1 Å². The van der Waals surface area contributed by atoms with Crippen LogP contribution in [0.15, 0.2) is 46.9 Å². The van der Waals surface area contributed by atoms with E-state index in [1.54, 1.807) is 25.2 Å². The molecule has 3 fully saturated rings. The lowest BCUT2D eigenvalue weighted by atomic mass is 9.93. The van der Waals surface area contributed by atoms with Crippen molar-refractivity contribution in [1.82, 2.24) is 40.1 Å². The molecule has 4 aromatic heterocycles.